The number of hydrogen-bond acceptors (Lipinski definition) is 6. The highest BCUT2D eigenvalue weighted by Gasteiger charge is 2.17. The van der Waals surface area contributed by atoms with Crippen molar-refractivity contribution in [3.05, 3.63) is 178 Å². The number of carbonyl (C=O) groups is 6. The molecule has 4 N–H and O–H groups in total. The molecule has 50 heavy (non-hydrogen) atoms. The predicted octanol–water partition coefficient (Wildman–Crippen LogP) is 7.38. The lowest BCUT2D eigenvalue weighted by atomic mass is 10.1. The second-order valence-electron chi connectivity index (χ2n) is 10.8. The van der Waals surface area contributed by atoms with E-state index in [0.29, 0.717) is 22.5 Å². The third-order valence-corrected chi connectivity index (χ3v) is 7.40. The Kier molecular flexibility index (Phi) is 10.6. The first-order valence-corrected chi connectivity index (χ1v) is 15.1. The third kappa shape index (κ3) is 8.58. The Balaban J connectivity index is 1.18. The standard InChI is InChI=1S/C40H28N2O8/c43-35(27-7-5-9-29(23-27)41-37(45)31-11-1-3-13-33(31)39(47)48)21-19-25-15-17-26(18-16-25)20-22-36(44)28-8-6-10-30(24-28)42-38(46)32-12-2-4-14-34(32)40(49)50/h1-24H,(H,41,45)(H,42,46)(H,47,48)(H,49,50). The van der Waals surface area contributed by atoms with E-state index in [9.17, 15) is 39.0 Å². The summed E-state index contributed by atoms with van der Waals surface area (Å²) in [4.78, 5) is 74.1. The van der Waals surface area contributed by atoms with E-state index in [-0.39, 0.29) is 33.8 Å². The number of ketones is 2. The number of hydrogen-bond donors (Lipinski definition) is 4. The van der Waals surface area contributed by atoms with Gasteiger partial charge in [0.25, 0.3) is 11.8 Å². The summed E-state index contributed by atoms with van der Waals surface area (Å²) in [5.41, 5.74) is 2.48. The maximum Gasteiger partial charge on any atom is 0.336 e. The molecule has 246 valence electrons. The lowest BCUT2D eigenvalue weighted by Crippen LogP contribution is -2.16. The van der Waals surface area contributed by atoms with Gasteiger partial charge in [-0.05, 0) is 71.8 Å². The van der Waals surface area contributed by atoms with Crippen LogP contribution in [0.1, 0.15) is 73.3 Å². The molecule has 10 heteroatoms. The molecule has 0 unspecified atom stereocenters. The van der Waals surface area contributed by atoms with E-state index in [0.717, 1.165) is 11.1 Å². The molecule has 0 aromatic heterocycles. The maximum atomic E-state index is 12.9. The molecule has 2 amide bonds. The van der Waals surface area contributed by atoms with Crippen LogP contribution in [-0.4, -0.2) is 45.5 Å². The average Bonchev–Trinajstić information content (AvgIpc) is 3.13. The zero-order valence-corrected chi connectivity index (χ0v) is 26.2. The van der Waals surface area contributed by atoms with E-state index >= 15 is 0 Å². The molecule has 0 saturated heterocycles. The molecule has 0 spiro atoms. The van der Waals surface area contributed by atoms with Crippen LogP contribution >= 0.6 is 0 Å². The Labute approximate surface area is 286 Å². The van der Waals surface area contributed by atoms with Crippen LogP contribution in [-0.2, 0) is 0 Å². The lowest BCUT2D eigenvalue weighted by molar-refractivity contribution is 0.0683. The molecule has 0 bridgehead atoms. The number of benzene rings is 5. The van der Waals surface area contributed by atoms with Crippen molar-refractivity contribution in [2.24, 2.45) is 0 Å². The zero-order valence-electron chi connectivity index (χ0n) is 26.2. The quantitative estimate of drug-likeness (QED) is 0.0792. The highest BCUT2D eigenvalue weighted by Crippen LogP contribution is 2.18. The normalized spacial score (nSPS) is 10.9. The molecule has 0 aliphatic rings. The van der Waals surface area contributed by atoms with Crippen molar-refractivity contribution in [2.75, 3.05) is 10.6 Å². The molecule has 0 saturated carbocycles. The SMILES string of the molecule is O=C(C=Cc1ccc(C=CC(=O)c2cccc(NC(=O)c3ccccc3C(=O)O)c2)cc1)c1cccc(NC(=O)c2ccccc2C(=O)O)c1. The summed E-state index contributed by atoms with van der Waals surface area (Å²) in [5, 5.41) is 24.0. The Bertz CT molecular complexity index is 2040. The first kappa shape index (κ1) is 34.1. The van der Waals surface area contributed by atoms with E-state index in [1.807, 2.05) is 0 Å². The number of carbonyl (C=O) groups excluding carboxylic acids is 4. The van der Waals surface area contributed by atoms with Gasteiger partial charge in [-0.15, -0.1) is 0 Å². The lowest BCUT2D eigenvalue weighted by Gasteiger charge is -2.08. The number of carboxylic acids is 2. The minimum atomic E-state index is -1.22. The minimum absolute atomic E-state index is 0.00279. The topological polar surface area (TPSA) is 167 Å². The van der Waals surface area contributed by atoms with Gasteiger partial charge >= 0.3 is 11.9 Å². The summed E-state index contributed by atoms with van der Waals surface area (Å²) < 4.78 is 0. The summed E-state index contributed by atoms with van der Waals surface area (Å²) in [7, 11) is 0. The Morgan fingerprint density at radius 2 is 0.800 bits per heavy atom. The molecule has 0 radical (unpaired) electrons. The summed E-state index contributed by atoms with van der Waals surface area (Å²) >= 11 is 0. The van der Waals surface area contributed by atoms with E-state index in [1.54, 1.807) is 84.9 Å². The molecular weight excluding hydrogens is 636 g/mol. The smallest absolute Gasteiger partial charge is 0.336 e. The molecule has 0 atom stereocenters. The highest BCUT2D eigenvalue weighted by atomic mass is 16.4. The van der Waals surface area contributed by atoms with Gasteiger partial charge in [-0.1, -0.05) is 84.9 Å². The Morgan fingerprint density at radius 3 is 1.16 bits per heavy atom. The van der Waals surface area contributed by atoms with Gasteiger partial charge in [0.2, 0.25) is 0 Å². The fourth-order valence-corrected chi connectivity index (χ4v) is 4.89. The molecule has 0 heterocycles. The van der Waals surface area contributed by atoms with E-state index in [2.05, 4.69) is 10.6 Å². The number of nitrogens with one attached hydrogen (secondary N) is 2. The molecule has 5 aromatic carbocycles. The van der Waals surface area contributed by atoms with Gasteiger partial charge in [-0.25, -0.2) is 9.59 Å². The molecule has 5 aromatic rings. The van der Waals surface area contributed by atoms with Crippen LogP contribution in [0, 0.1) is 0 Å². The second-order valence-corrected chi connectivity index (χ2v) is 10.8. The van der Waals surface area contributed by atoms with Gasteiger partial charge in [0.1, 0.15) is 0 Å². The second kappa shape index (κ2) is 15.6. The van der Waals surface area contributed by atoms with Crippen LogP contribution in [0.2, 0.25) is 0 Å². The van der Waals surface area contributed by atoms with Gasteiger partial charge in [-0.2, -0.15) is 0 Å². The molecular formula is C40H28N2O8. The van der Waals surface area contributed by atoms with Gasteiger partial charge in [0.15, 0.2) is 11.6 Å². The Hall–Kier alpha value is -7.20. The minimum Gasteiger partial charge on any atom is -0.478 e. The summed E-state index contributed by atoms with van der Waals surface area (Å²) in [6.07, 6.45) is 6.04. The highest BCUT2D eigenvalue weighted by molar-refractivity contribution is 6.13. The number of carboxylic acid groups (broad SMARTS) is 2. The van der Waals surface area contributed by atoms with Crippen molar-refractivity contribution in [2.45, 2.75) is 0 Å². The molecule has 0 aliphatic carbocycles. The van der Waals surface area contributed by atoms with Crippen molar-refractivity contribution >= 4 is 58.8 Å². The summed E-state index contributed by atoms with van der Waals surface area (Å²) in [5.74, 6) is -4.30. The van der Waals surface area contributed by atoms with Crippen molar-refractivity contribution in [1.82, 2.24) is 0 Å². The Morgan fingerprint density at radius 1 is 0.440 bits per heavy atom. The van der Waals surface area contributed by atoms with Gasteiger partial charge in [0.05, 0.1) is 22.3 Å². The number of aromatic carboxylic acids is 2. The van der Waals surface area contributed by atoms with Crippen molar-refractivity contribution in [1.29, 1.82) is 0 Å². The van der Waals surface area contributed by atoms with Crippen LogP contribution < -0.4 is 10.6 Å². The van der Waals surface area contributed by atoms with E-state index < -0.39 is 23.8 Å². The number of amides is 2. The third-order valence-electron chi connectivity index (χ3n) is 7.40. The number of allylic oxidation sites excluding steroid dienone is 2. The van der Waals surface area contributed by atoms with Gasteiger partial charge in [-0.3, -0.25) is 19.2 Å². The summed E-state index contributed by atoms with van der Waals surface area (Å²) in [6, 6.07) is 31.4. The number of rotatable bonds is 12. The summed E-state index contributed by atoms with van der Waals surface area (Å²) in [6.45, 7) is 0. The first-order valence-electron chi connectivity index (χ1n) is 15.1. The van der Waals surface area contributed by atoms with Crippen molar-refractivity contribution < 1.29 is 39.0 Å². The monoisotopic (exact) mass is 664 g/mol. The zero-order chi connectivity index (χ0) is 35.6. The first-order chi connectivity index (χ1) is 24.1. The van der Waals surface area contributed by atoms with Crippen LogP contribution in [0.25, 0.3) is 12.2 Å². The fourth-order valence-electron chi connectivity index (χ4n) is 4.89. The van der Waals surface area contributed by atoms with Gasteiger partial charge in [0, 0.05) is 22.5 Å². The van der Waals surface area contributed by atoms with E-state index in [4.69, 9.17) is 0 Å². The van der Waals surface area contributed by atoms with Crippen LogP contribution in [0.15, 0.2) is 133 Å². The largest absolute Gasteiger partial charge is 0.478 e. The maximum absolute atomic E-state index is 12.9. The molecule has 5 rings (SSSR count). The predicted molar refractivity (Wildman–Crippen MR) is 189 cm³/mol. The molecule has 0 fully saturated rings. The average molecular weight is 665 g/mol. The molecule has 10 nitrogen and oxygen atoms in total. The van der Waals surface area contributed by atoms with Crippen LogP contribution in [0.5, 0.6) is 0 Å². The van der Waals surface area contributed by atoms with Crippen LogP contribution in [0.4, 0.5) is 11.4 Å². The fraction of sp³-hybridized carbons (Fsp3) is 0. The molecule has 0 aliphatic heterocycles. The van der Waals surface area contributed by atoms with Gasteiger partial charge < -0.3 is 20.8 Å². The number of anilines is 2. The van der Waals surface area contributed by atoms with Crippen LogP contribution in [0.3, 0.4) is 0 Å². The van der Waals surface area contributed by atoms with Crippen molar-refractivity contribution in [3.8, 4) is 0 Å². The van der Waals surface area contributed by atoms with Crippen molar-refractivity contribution in [3.63, 3.8) is 0 Å². The van der Waals surface area contributed by atoms with E-state index in [1.165, 1.54) is 60.7 Å².